The van der Waals surface area contributed by atoms with E-state index in [1.807, 2.05) is 24.3 Å². The Kier molecular flexibility index (Phi) is 5.20. The van der Waals surface area contributed by atoms with E-state index in [2.05, 4.69) is 15.3 Å². The average molecular weight is 362 g/mol. The normalized spacial score (nSPS) is 17.2. The number of nitrogens with two attached hydrogens (primary N) is 1. The van der Waals surface area contributed by atoms with Gasteiger partial charge in [0.25, 0.3) is 0 Å². The molecule has 0 spiro atoms. The molecule has 8 heteroatoms. The fourth-order valence-corrected chi connectivity index (χ4v) is 2.71. The van der Waals surface area contributed by atoms with Gasteiger partial charge in [0, 0.05) is 18.1 Å². The van der Waals surface area contributed by atoms with E-state index in [0.29, 0.717) is 13.0 Å². The molecule has 138 valence electrons. The lowest BCUT2D eigenvalue weighted by molar-refractivity contribution is 0.00137. The molecule has 0 radical (unpaired) electrons. The minimum atomic E-state index is -3.26. The zero-order valence-corrected chi connectivity index (χ0v) is 14.3. The number of hydrogen-bond donors (Lipinski definition) is 2. The summed E-state index contributed by atoms with van der Waals surface area (Å²) in [5.74, 6) is -2.42. The van der Waals surface area contributed by atoms with Crippen LogP contribution >= 0.6 is 0 Å². The third kappa shape index (κ3) is 4.01. The van der Waals surface area contributed by atoms with E-state index in [1.54, 1.807) is 0 Å². The number of halogens is 2. The number of alkyl halides is 2. The van der Waals surface area contributed by atoms with Gasteiger partial charge in [-0.2, -0.15) is 8.78 Å². The van der Waals surface area contributed by atoms with Crippen LogP contribution in [0.15, 0.2) is 47.5 Å². The van der Waals surface area contributed by atoms with Crippen molar-refractivity contribution in [3.8, 4) is 11.6 Å². The number of rotatable bonds is 5. The van der Waals surface area contributed by atoms with Gasteiger partial charge in [0.1, 0.15) is 18.0 Å². The van der Waals surface area contributed by atoms with Crippen molar-refractivity contribution in [2.45, 2.75) is 18.4 Å². The maximum atomic E-state index is 14.3. The van der Waals surface area contributed by atoms with Gasteiger partial charge in [-0.15, -0.1) is 0 Å². The summed E-state index contributed by atoms with van der Waals surface area (Å²) in [7, 11) is 1.37. The van der Waals surface area contributed by atoms with E-state index in [-0.39, 0.29) is 17.9 Å². The van der Waals surface area contributed by atoms with Gasteiger partial charge < -0.3 is 20.5 Å². The van der Waals surface area contributed by atoms with Crippen molar-refractivity contribution in [1.29, 1.82) is 0 Å². The van der Waals surface area contributed by atoms with Gasteiger partial charge in [-0.05, 0) is 12.1 Å². The monoisotopic (exact) mass is 362 g/mol. The summed E-state index contributed by atoms with van der Waals surface area (Å²) in [6.45, 7) is -0.289. The second kappa shape index (κ2) is 7.55. The molecule has 2 aromatic rings. The van der Waals surface area contributed by atoms with Crippen molar-refractivity contribution in [2.24, 2.45) is 10.7 Å². The molecule has 0 saturated carbocycles. The molecule has 3 N–H and O–H groups in total. The number of para-hydroxylation sites is 1. The van der Waals surface area contributed by atoms with Crippen LogP contribution in [0.4, 0.5) is 8.78 Å². The fourth-order valence-electron chi connectivity index (χ4n) is 2.71. The molecular weight excluding hydrogens is 342 g/mol. The van der Waals surface area contributed by atoms with Crippen LogP contribution in [0.5, 0.6) is 11.6 Å². The van der Waals surface area contributed by atoms with Gasteiger partial charge in [-0.1, -0.05) is 24.3 Å². The molecule has 1 atom stereocenters. The number of guanidine groups is 1. The quantitative estimate of drug-likeness (QED) is 0.631. The van der Waals surface area contributed by atoms with E-state index in [9.17, 15) is 8.78 Å². The summed E-state index contributed by atoms with van der Waals surface area (Å²) in [4.78, 5) is 7.57. The number of pyridine rings is 1. The molecule has 0 saturated heterocycles. The highest BCUT2D eigenvalue weighted by Crippen LogP contribution is 2.31. The number of ether oxygens (including phenoxy) is 2. The van der Waals surface area contributed by atoms with Gasteiger partial charge in [0.15, 0.2) is 5.96 Å². The number of hydrogen-bond acceptors (Lipinski definition) is 4. The van der Waals surface area contributed by atoms with Crippen molar-refractivity contribution in [3.05, 3.63) is 53.7 Å². The summed E-state index contributed by atoms with van der Waals surface area (Å²) in [5, 5.41) is 2.99. The minimum Gasteiger partial charge on any atom is -0.493 e. The van der Waals surface area contributed by atoms with Crippen LogP contribution < -0.4 is 20.5 Å². The minimum absolute atomic E-state index is 0.0470. The lowest BCUT2D eigenvalue weighted by Gasteiger charge is -2.27. The van der Waals surface area contributed by atoms with Crippen molar-refractivity contribution in [3.63, 3.8) is 0 Å². The van der Waals surface area contributed by atoms with E-state index >= 15 is 0 Å². The molecule has 2 heterocycles. The molecule has 6 nitrogen and oxygen atoms in total. The Morgan fingerprint density at radius 3 is 2.96 bits per heavy atom. The lowest BCUT2D eigenvalue weighted by Crippen LogP contribution is -2.38. The molecule has 1 aliphatic rings. The molecule has 0 bridgehead atoms. The number of fused-ring (bicyclic) bond motifs is 1. The van der Waals surface area contributed by atoms with Gasteiger partial charge in [0.05, 0.1) is 19.8 Å². The fraction of sp³-hybridized carbons (Fsp3) is 0.333. The Hall–Kier alpha value is -2.90. The first kappa shape index (κ1) is 17.9. The van der Waals surface area contributed by atoms with Crippen molar-refractivity contribution in [1.82, 2.24) is 10.3 Å². The Morgan fingerprint density at radius 2 is 2.15 bits per heavy atom. The van der Waals surface area contributed by atoms with Crippen molar-refractivity contribution >= 4 is 5.96 Å². The van der Waals surface area contributed by atoms with E-state index in [0.717, 1.165) is 11.3 Å². The maximum absolute atomic E-state index is 14.3. The number of aliphatic imine (C=N–C) groups is 1. The predicted molar refractivity (Wildman–Crippen MR) is 93.6 cm³/mol. The summed E-state index contributed by atoms with van der Waals surface area (Å²) >= 11 is 0. The molecule has 3 rings (SSSR count). The van der Waals surface area contributed by atoms with Crippen molar-refractivity contribution in [2.75, 3.05) is 20.3 Å². The largest absolute Gasteiger partial charge is 0.493 e. The molecule has 1 unspecified atom stereocenters. The smallest absolute Gasteiger partial charge is 0.309 e. The standard InChI is InChI=1S/C18H20F2N4O2/c1-25-16-8-4-7-15(24-16)18(19,20)11-22-17(21)23-13-9-10-26-14-6-3-2-5-12(13)14/h2-8,13H,9-11H2,1H3,(H3,21,22,23). The van der Waals surface area contributed by atoms with Crippen LogP contribution in [0.3, 0.4) is 0 Å². The predicted octanol–water partition coefficient (Wildman–Crippen LogP) is 2.61. The molecule has 1 aromatic carbocycles. The number of aromatic nitrogens is 1. The Balaban J connectivity index is 1.68. The zero-order valence-electron chi connectivity index (χ0n) is 14.3. The Morgan fingerprint density at radius 1 is 1.35 bits per heavy atom. The molecule has 1 aliphatic heterocycles. The number of methoxy groups -OCH3 is 1. The highest BCUT2D eigenvalue weighted by molar-refractivity contribution is 5.78. The average Bonchev–Trinajstić information content (AvgIpc) is 2.67. The Bertz CT molecular complexity index is 798. The molecule has 1 aromatic heterocycles. The number of nitrogens with zero attached hydrogens (tertiary/aromatic N) is 2. The molecule has 0 aliphatic carbocycles. The van der Waals surface area contributed by atoms with E-state index in [4.69, 9.17) is 15.2 Å². The highest BCUT2D eigenvalue weighted by atomic mass is 19.3. The van der Waals surface area contributed by atoms with Crippen LogP contribution in [0, 0.1) is 0 Å². The second-order valence-electron chi connectivity index (χ2n) is 5.84. The molecular formula is C18H20F2N4O2. The molecule has 26 heavy (non-hydrogen) atoms. The van der Waals surface area contributed by atoms with Gasteiger partial charge in [0.2, 0.25) is 5.88 Å². The molecule has 0 amide bonds. The van der Waals surface area contributed by atoms with Crippen LogP contribution in [0.25, 0.3) is 0 Å². The first-order chi connectivity index (χ1) is 12.5. The number of nitrogens with one attached hydrogen (secondary N) is 1. The van der Waals surface area contributed by atoms with Crippen molar-refractivity contribution < 1.29 is 18.3 Å². The summed E-state index contributed by atoms with van der Waals surface area (Å²) in [6, 6.07) is 11.6. The SMILES string of the molecule is COc1cccc(C(F)(F)CN=C(N)NC2CCOc3ccccc32)n1. The Labute approximate surface area is 150 Å². The lowest BCUT2D eigenvalue weighted by atomic mass is 10.0. The summed E-state index contributed by atoms with van der Waals surface area (Å²) in [6.07, 6.45) is 0.668. The summed E-state index contributed by atoms with van der Waals surface area (Å²) in [5.41, 5.74) is 6.34. The zero-order chi connectivity index (χ0) is 18.6. The van der Waals surface area contributed by atoms with Gasteiger partial charge >= 0.3 is 5.92 Å². The first-order valence-electron chi connectivity index (χ1n) is 8.17. The van der Waals surface area contributed by atoms with Gasteiger partial charge in [-0.3, -0.25) is 0 Å². The van der Waals surface area contributed by atoms with Crippen LogP contribution in [-0.2, 0) is 5.92 Å². The maximum Gasteiger partial charge on any atom is 0.309 e. The van der Waals surface area contributed by atoms with Crippen LogP contribution in [0.2, 0.25) is 0 Å². The van der Waals surface area contributed by atoms with Crippen LogP contribution in [0.1, 0.15) is 23.7 Å². The first-order valence-corrected chi connectivity index (χ1v) is 8.17. The molecule has 0 fully saturated rings. The highest BCUT2D eigenvalue weighted by Gasteiger charge is 2.33. The number of benzene rings is 1. The summed E-state index contributed by atoms with van der Waals surface area (Å²) < 4.78 is 39.1. The van der Waals surface area contributed by atoms with Crippen LogP contribution in [-0.4, -0.2) is 31.2 Å². The topological polar surface area (TPSA) is 81.8 Å². The third-order valence-corrected chi connectivity index (χ3v) is 4.04. The van der Waals surface area contributed by atoms with Gasteiger partial charge in [-0.25, -0.2) is 9.98 Å². The third-order valence-electron chi connectivity index (χ3n) is 4.04. The second-order valence-corrected chi connectivity index (χ2v) is 5.84. The van der Waals surface area contributed by atoms with E-state index < -0.39 is 18.2 Å². The van der Waals surface area contributed by atoms with E-state index in [1.165, 1.54) is 25.3 Å².